The Labute approximate surface area is 260 Å². The number of benzene rings is 7. The highest BCUT2D eigenvalue weighted by Crippen LogP contribution is 2.35. The molecule has 0 spiro atoms. The molecule has 212 valence electrons. The van der Waals surface area contributed by atoms with Gasteiger partial charge in [-0.05, 0) is 54.6 Å². The van der Waals surface area contributed by atoms with Crippen LogP contribution in [0, 0.1) is 0 Å². The number of nitrogens with zero attached hydrogens (tertiary/aromatic N) is 2. The van der Waals surface area contributed by atoms with E-state index in [0.717, 1.165) is 0 Å². The Balaban J connectivity index is 0.000000180. The van der Waals surface area contributed by atoms with Crippen LogP contribution in [0.1, 0.15) is 0 Å². The van der Waals surface area contributed by atoms with Gasteiger partial charge in [0.2, 0.25) is 0 Å². The first-order chi connectivity index (χ1) is 22.3. The molecule has 0 atom stereocenters. The summed E-state index contributed by atoms with van der Waals surface area (Å²) in [6.07, 6.45) is 0. The molecule has 45 heavy (non-hydrogen) atoms. The van der Waals surface area contributed by atoms with Crippen LogP contribution < -0.4 is 0 Å². The lowest BCUT2D eigenvalue weighted by Crippen LogP contribution is -1.98. The van der Waals surface area contributed by atoms with Gasteiger partial charge in [-0.2, -0.15) is 0 Å². The van der Waals surface area contributed by atoms with Crippen molar-refractivity contribution < 1.29 is 0 Å². The largest absolute Gasteiger partial charge is 0.355 e. The smallest absolute Gasteiger partial charge is 0.0541 e. The molecule has 0 aliphatic carbocycles. The molecule has 3 aromatic heterocycles. The predicted octanol–water partition coefficient (Wildman–Crippen LogP) is 11.2. The average molecular weight is 576 g/mol. The molecule has 0 aliphatic rings. The number of fused-ring (bicyclic) bond motifs is 9. The van der Waals surface area contributed by atoms with E-state index in [4.69, 9.17) is 0 Å². The lowest BCUT2D eigenvalue weighted by molar-refractivity contribution is 1.13. The molecule has 0 aliphatic heterocycles. The van der Waals surface area contributed by atoms with Gasteiger partial charge in [-0.25, -0.2) is 0 Å². The summed E-state index contributed by atoms with van der Waals surface area (Å²) in [5.74, 6) is 0. The Morgan fingerprint density at radius 1 is 0.289 bits per heavy atom. The van der Waals surface area contributed by atoms with Crippen molar-refractivity contribution in [3.05, 3.63) is 170 Å². The number of hydrogen-bond acceptors (Lipinski definition) is 0. The van der Waals surface area contributed by atoms with Crippen molar-refractivity contribution in [2.45, 2.75) is 0 Å². The second-order valence-electron chi connectivity index (χ2n) is 11.5. The molecule has 1 N–H and O–H groups in total. The van der Waals surface area contributed by atoms with Gasteiger partial charge < -0.3 is 14.1 Å². The number of aromatic nitrogens is 3. The molecule has 10 rings (SSSR count). The minimum absolute atomic E-state index is 1.17. The van der Waals surface area contributed by atoms with Gasteiger partial charge in [0.25, 0.3) is 0 Å². The second kappa shape index (κ2) is 10.3. The van der Waals surface area contributed by atoms with E-state index in [0.29, 0.717) is 0 Å². The first-order valence-electron chi connectivity index (χ1n) is 15.4. The monoisotopic (exact) mass is 575 g/mol. The van der Waals surface area contributed by atoms with Crippen LogP contribution in [0.5, 0.6) is 0 Å². The molecular formula is C42H29N3. The Morgan fingerprint density at radius 2 is 0.600 bits per heavy atom. The molecule has 3 heteroatoms. The Morgan fingerprint density at radius 3 is 0.978 bits per heavy atom. The minimum Gasteiger partial charge on any atom is -0.355 e. The van der Waals surface area contributed by atoms with Crippen LogP contribution in [0.2, 0.25) is 0 Å². The van der Waals surface area contributed by atoms with E-state index in [1.807, 2.05) is 0 Å². The van der Waals surface area contributed by atoms with Crippen LogP contribution in [-0.2, 0) is 0 Å². The molecule has 3 nitrogen and oxygen atoms in total. The Hall–Kier alpha value is -6.06. The fraction of sp³-hybridized carbons (Fsp3) is 0. The van der Waals surface area contributed by atoms with Crippen LogP contribution >= 0.6 is 0 Å². The van der Waals surface area contributed by atoms with Crippen LogP contribution in [0.4, 0.5) is 0 Å². The van der Waals surface area contributed by atoms with Crippen LogP contribution in [0.15, 0.2) is 170 Å². The van der Waals surface area contributed by atoms with E-state index in [1.165, 1.54) is 76.8 Å². The van der Waals surface area contributed by atoms with Crippen molar-refractivity contribution in [3.63, 3.8) is 0 Å². The summed E-state index contributed by atoms with van der Waals surface area (Å²) in [4.78, 5) is 3.38. The average Bonchev–Trinajstić information content (AvgIpc) is 3.77. The molecule has 0 saturated heterocycles. The maximum Gasteiger partial charge on any atom is 0.0541 e. The number of para-hydroxylation sites is 6. The first kappa shape index (κ1) is 25.4. The Kier molecular flexibility index (Phi) is 5.82. The van der Waals surface area contributed by atoms with Gasteiger partial charge in [-0.3, -0.25) is 0 Å². The van der Waals surface area contributed by atoms with Crippen molar-refractivity contribution in [1.82, 2.24) is 14.1 Å². The predicted molar refractivity (Wildman–Crippen MR) is 191 cm³/mol. The SMILES string of the molecule is c1cc(-n2c3ccccc3c3ccccc32)cc(-n2c3ccccc3c3ccccc32)c1.c1ccc2c(c1)[nH]c1ccccc12. The third-order valence-corrected chi connectivity index (χ3v) is 8.92. The molecule has 0 radical (unpaired) electrons. The van der Waals surface area contributed by atoms with Gasteiger partial charge >= 0.3 is 0 Å². The molecule has 0 amide bonds. The highest BCUT2D eigenvalue weighted by molar-refractivity contribution is 6.10. The first-order valence-corrected chi connectivity index (χ1v) is 15.4. The fourth-order valence-corrected chi connectivity index (χ4v) is 6.97. The summed E-state index contributed by atoms with van der Waals surface area (Å²) in [7, 11) is 0. The minimum atomic E-state index is 1.17. The van der Waals surface area contributed by atoms with Gasteiger partial charge in [0.15, 0.2) is 0 Å². The number of hydrogen-bond donors (Lipinski definition) is 1. The summed E-state index contributed by atoms with van der Waals surface area (Å²) in [5, 5.41) is 7.74. The van der Waals surface area contributed by atoms with Gasteiger partial charge in [0, 0.05) is 54.7 Å². The van der Waals surface area contributed by atoms with Crippen molar-refractivity contribution >= 4 is 65.4 Å². The lowest BCUT2D eigenvalue weighted by atomic mass is 10.2. The highest BCUT2D eigenvalue weighted by atomic mass is 15.0. The van der Waals surface area contributed by atoms with Crippen molar-refractivity contribution in [1.29, 1.82) is 0 Å². The maximum absolute atomic E-state index is 3.38. The molecule has 7 aromatic carbocycles. The quantitative estimate of drug-likeness (QED) is 0.212. The van der Waals surface area contributed by atoms with Crippen LogP contribution in [0.3, 0.4) is 0 Å². The second-order valence-corrected chi connectivity index (χ2v) is 11.5. The zero-order valence-electron chi connectivity index (χ0n) is 24.6. The number of H-pyrrole nitrogens is 1. The number of rotatable bonds is 2. The van der Waals surface area contributed by atoms with E-state index >= 15 is 0 Å². The highest BCUT2D eigenvalue weighted by Gasteiger charge is 2.14. The summed E-state index contributed by atoms with van der Waals surface area (Å²) in [5.41, 5.74) is 9.68. The van der Waals surface area contributed by atoms with E-state index in [9.17, 15) is 0 Å². The Bertz CT molecular complexity index is 2380. The van der Waals surface area contributed by atoms with Crippen LogP contribution in [-0.4, -0.2) is 14.1 Å². The maximum atomic E-state index is 3.38. The van der Waals surface area contributed by atoms with E-state index in [1.54, 1.807) is 0 Å². The summed E-state index contributed by atoms with van der Waals surface area (Å²) in [6, 6.07) is 60.3. The van der Waals surface area contributed by atoms with Crippen molar-refractivity contribution in [3.8, 4) is 11.4 Å². The van der Waals surface area contributed by atoms with E-state index in [2.05, 4.69) is 184 Å². The third-order valence-electron chi connectivity index (χ3n) is 8.92. The molecule has 0 saturated carbocycles. The number of aromatic amines is 1. The van der Waals surface area contributed by atoms with Gasteiger partial charge in [-0.1, -0.05) is 115 Å². The topological polar surface area (TPSA) is 25.6 Å². The lowest BCUT2D eigenvalue weighted by Gasteiger charge is -2.12. The number of nitrogens with one attached hydrogen (secondary N) is 1. The van der Waals surface area contributed by atoms with Crippen LogP contribution in [0.25, 0.3) is 76.8 Å². The van der Waals surface area contributed by atoms with Crippen molar-refractivity contribution in [2.75, 3.05) is 0 Å². The normalized spacial score (nSPS) is 11.6. The molecule has 0 fully saturated rings. The zero-order chi connectivity index (χ0) is 29.7. The fourth-order valence-electron chi connectivity index (χ4n) is 6.97. The molecule has 3 heterocycles. The standard InChI is InChI=1S/C30H20N2.C12H9N/c1-5-16-27-23(12-1)24-13-2-6-17-28(24)31(27)21-10-9-11-22(20-21)32-29-18-7-3-14-25(29)26-15-4-8-19-30(26)32;1-3-7-11-9(5-1)10-6-2-4-8-12(10)13-11/h1-20H;1-8,13H. The summed E-state index contributed by atoms with van der Waals surface area (Å²) in [6.45, 7) is 0. The third kappa shape index (κ3) is 4.05. The molecular weight excluding hydrogens is 546 g/mol. The van der Waals surface area contributed by atoms with Gasteiger partial charge in [-0.15, -0.1) is 0 Å². The molecule has 0 unspecified atom stereocenters. The molecule has 0 bridgehead atoms. The summed E-state index contributed by atoms with van der Waals surface area (Å²) < 4.78 is 4.75. The van der Waals surface area contributed by atoms with Gasteiger partial charge in [0.05, 0.1) is 22.1 Å². The van der Waals surface area contributed by atoms with E-state index in [-0.39, 0.29) is 0 Å². The van der Waals surface area contributed by atoms with E-state index < -0.39 is 0 Å². The van der Waals surface area contributed by atoms with Gasteiger partial charge in [0.1, 0.15) is 0 Å². The van der Waals surface area contributed by atoms with Crippen molar-refractivity contribution in [2.24, 2.45) is 0 Å². The molecule has 10 aromatic rings. The summed E-state index contributed by atoms with van der Waals surface area (Å²) >= 11 is 0. The zero-order valence-corrected chi connectivity index (χ0v) is 24.6.